The predicted octanol–water partition coefficient (Wildman–Crippen LogP) is 0.975. The van der Waals surface area contributed by atoms with Crippen molar-refractivity contribution in [1.29, 1.82) is 0 Å². The van der Waals surface area contributed by atoms with Crippen molar-refractivity contribution >= 4 is 12.0 Å². The number of piperidine rings is 1. The summed E-state index contributed by atoms with van der Waals surface area (Å²) >= 11 is 0. The highest BCUT2D eigenvalue weighted by atomic mass is 16.4. The first kappa shape index (κ1) is 15.1. The normalized spacial score (nSPS) is 31.3. The van der Waals surface area contributed by atoms with Crippen molar-refractivity contribution in [2.75, 3.05) is 26.2 Å². The van der Waals surface area contributed by atoms with Crippen molar-refractivity contribution < 1.29 is 14.7 Å². The summed E-state index contributed by atoms with van der Waals surface area (Å²) < 4.78 is 0. The van der Waals surface area contributed by atoms with Gasteiger partial charge in [0.15, 0.2) is 0 Å². The number of hydrogen-bond donors (Lipinski definition) is 2. The zero-order valence-electron chi connectivity index (χ0n) is 12.3. The van der Waals surface area contributed by atoms with E-state index in [1.165, 1.54) is 4.90 Å². The minimum absolute atomic E-state index is 0.0248. The second kappa shape index (κ2) is 6.43. The molecule has 0 aromatic carbocycles. The Bertz CT molecular complexity index is 375. The van der Waals surface area contributed by atoms with Gasteiger partial charge in [-0.3, -0.25) is 0 Å². The van der Waals surface area contributed by atoms with Gasteiger partial charge in [0.25, 0.3) is 0 Å². The Hall–Kier alpha value is -1.30. The lowest BCUT2D eigenvalue weighted by Crippen LogP contribution is -2.54. The molecule has 2 aliphatic rings. The van der Waals surface area contributed by atoms with E-state index in [0.717, 1.165) is 38.9 Å². The third kappa shape index (κ3) is 3.23. The highest BCUT2D eigenvalue weighted by molar-refractivity contribution is 5.83. The molecule has 2 N–H and O–H groups in total. The molecule has 0 radical (unpaired) electrons. The van der Waals surface area contributed by atoms with Gasteiger partial charge in [-0.2, -0.15) is 0 Å². The maximum absolute atomic E-state index is 12.3. The van der Waals surface area contributed by atoms with Crippen LogP contribution in [0.25, 0.3) is 0 Å². The van der Waals surface area contributed by atoms with E-state index < -0.39 is 12.0 Å². The van der Waals surface area contributed by atoms with Gasteiger partial charge in [-0.1, -0.05) is 13.8 Å². The summed E-state index contributed by atoms with van der Waals surface area (Å²) in [4.78, 5) is 27.4. The fourth-order valence-corrected chi connectivity index (χ4v) is 3.27. The zero-order chi connectivity index (χ0) is 14.7. The minimum atomic E-state index is -0.899. The monoisotopic (exact) mass is 283 g/mol. The van der Waals surface area contributed by atoms with Gasteiger partial charge in [-0.25, -0.2) is 9.59 Å². The van der Waals surface area contributed by atoms with Crippen LogP contribution in [-0.2, 0) is 4.79 Å². The first-order valence-electron chi connectivity index (χ1n) is 7.55. The minimum Gasteiger partial charge on any atom is -0.480 e. The fourth-order valence-electron chi connectivity index (χ4n) is 3.27. The predicted molar refractivity (Wildman–Crippen MR) is 75.6 cm³/mol. The van der Waals surface area contributed by atoms with Crippen LogP contribution < -0.4 is 5.32 Å². The molecule has 0 aromatic rings. The van der Waals surface area contributed by atoms with Gasteiger partial charge in [0, 0.05) is 19.1 Å². The van der Waals surface area contributed by atoms with Crippen molar-refractivity contribution in [3.8, 4) is 0 Å². The summed E-state index contributed by atoms with van der Waals surface area (Å²) in [5.41, 5.74) is 0. The first-order chi connectivity index (χ1) is 9.52. The van der Waals surface area contributed by atoms with Crippen LogP contribution >= 0.6 is 0 Å². The maximum atomic E-state index is 12.3. The van der Waals surface area contributed by atoms with E-state index in [1.807, 2.05) is 6.92 Å². The largest absolute Gasteiger partial charge is 0.480 e. The van der Waals surface area contributed by atoms with E-state index in [2.05, 4.69) is 17.1 Å². The van der Waals surface area contributed by atoms with E-state index in [0.29, 0.717) is 6.54 Å². The van der Waals surface area contributed by atoms with Crippen LogP contribution in [0.3, 0.4) is 0 Å². The van der Waals surface area contributed by atoms with Crippen LogP contribution in [0.1, 0.15) is 33.1 Å². The van der Waals surface area contributed by atoms with Crippen molar-refractivity contribution in [3.63, 3.8) is 0 Å². The Morgan fingerprint density at radius 2 is 2.05 bits per heavy atom. The highest BCUT2D eigenvalue weighted by Crippen LogP contribution is 2.24. The molecular formula is C14H25N3O3. The van der Waals surface area contributed by atoms with Gasteiger partial charge >= 0.3 is 12.0 Å². The third-order valence-corrected chi connectivity index (χ3v) is 4.49. The summed E-state index contributed by atoms with van der Waals surface area (Å²) in [7, 11) is 0. The van der Waals surface area contributed by atoms with Crippen molar-refractivity contribution in [1.82, 2.24) is 15.1 Å². The quantitative estimate of drug-likeness (QED) is 0.809. The first-order valence-corrected chi connectivity index (χ1v) is 7.55. The summed E-state index contributed by atoms with van der Waals surface area (Å²) in [5, 5.41) is 12.3. The Kier molecular flexibility index (Phi) is 4.86. The van der Waals surface area contributed by atoms with Crippen molar-refractivity contribution in [3.05, 3.63) is 0 Å². The van der Waals surface area contributed by atoms with Gasteiger partial charge in [0.2, 0.25) is 0 Å². The van der Waals surface area contributed by atoms with Crippen molar-refractivity contribution in [2.24, 2.45) is 5.92 Å². The number of carbonyl (C=O) groups excluding carboxylic acids is 1. The van der Waals surface area contributed by atoms with Crippen LogP contribution in [0.5, 0.6) is 0 Å². The molecule has 0 saturated carbocycles. The number of amides is 2. The number of carboxylic acids is 1. The van der Waals surface area contributed by atoms with Gasteiger partial charge in [-0.15, -0.1) is 0 Å². The van der Waals surface area contributed by atoms with E-state index in [1.54, 1.807) is 0 Å². The lowest BCUT2D eigenvalue weighted by atomic mass is 10.0. The second-order valence-electron chi connectivity index (χ2n) is 5.92. The molecule has 2 rings (SSSR count). The Morgan fingerprint density at radius 1 is 1.30 bits per heavy atom. The molecule has 3 unspecified atom stereocenters. The van der Waals surface area contributed by atoms with E-state index >= 15 is 0 Å². The average molecular weight is 283 g/mol. The number of carbonyl (C=O) groups is 2. The van der Waals surface area contributed by atoms with Crippen LogP contribution in [0, 0.1) is 5.92 Å². The maximum Gasteiger partial charge on any atom is 0.326 e. The smallest absolute Gasteiger partial charge is 0.326 e. The Morgan fingerprint density at radius 3 is 2.70 bits per heavy atom. The molecular weight excluding hydrogens is 258 g/mol. The summed E-state index contributed by atoms with van der Waals surface area (Å²) in [5.74, 6) is -0.874. The molecule has 6 nitrogen and oxygen atoms in total. The second-order valence-corrected chi connectivity index (χ2v) is 5.92. The number of hydrogen-bond acceptors (Lipinski definition) is 3. The number of nitrogens with zero attached hydrogens (tertiary/aromatic N) is 2. The molecule has 3 atom stereocenters. The molecule has 6 heteroatoms. The summed E-state index contributed by atoms with van der Waals surface area (Å²) in [6.07, 6.45) is 2.82. The molecule has 0 spiro atoms. The Balaban J connectivity index is 1.92. The summed E-state index contributed by atoms with van der Waals surface area (Å²) in [6.45, 7) is 7.49. The SMILES string of the molecule is CCN1CCCC(NC(=O)N2CCC(C)C2C(=O)O)C1. The number of carboxylic acid groups (broad SMARTS) is 1. The van der Waals surface area contributed by atoms with Crippen LogP contribution in [0.15, 0.2) is 0 Å². The number of rotatable bonds is 3. The Labute approximate surface area is 120 Å². The van der Waals surface area contributed by atoms with E-state index in [-0.39, 0.29) is 18.0 Å². The average Bonchev–Trinajstić information content (AvgIpc) is 2.81. The lowest BCUT2D eigenvalue weighted by molar-refractivity contribution is -0.142. The molecule has 2 heterocycles. The van der Waals surface area contributed by atoms with E-state index in [4.69, 9.17) is 0 Å². The number of likely N-dealkylation sites (N-methyl/N-ethyl adjacent to an activating group) is 1. The molecule has 2 fully saturated rings. The molecule has 2 amide bonds. The molecule has 114 valence electrons. The standard InChI is InChI=1S/C14H25N3O3/c1-3-16-7-4-5-11(9-16)15-14(20)17-8-6-10(2)12(17)13(18)19/h10-12H,3-9H2,1-2H3,(H,15,20)(H,18,19). The number of nitrogens with one attached hydrogen (secondary N) is 1. The number of aliphatic carboxylic acids is 1. The van der Waals surface area contributed by atoms with Gasteiger partial charge in [-0.05, 0) is 38.3 Å². The molecule has 0 aromatic heterocycles. The van der Waals surface area contributed by atoms with Gasteiger partial charge < -0.3 is 20.2 Å². The van der Waals surface area contributed by atoms with Crippen LogP contribution in [0.2, 0.25) is 0 Å². The zero-order valence-corrected chi connectivity index (χ0v) is 12.3. The molecule has 2 aliphatic heterocycles. The molecule has 0 bridgehead atoms. The van der Waals surface area contributed by atoms with Gasteiger partial charge in [0.1, 0.15) is 6.04 Å². The number of urea groups is 1. The summed E-state index contributed by atoms with van der Waals surface area (Å²) in [6, 6.07) is -0.757. The van der Waals surface area contributed by atoms with Crippen molar-refractivity contribution in [2.45, 2.75) is 45.2 Å². The van der Waals surface area contributed by atoms with Crippen LogP contribution in [0.4, 0.5) is 4.79 Å². The van der Waals surface area contributed by atoms with E-state index in [9.17, 15) is 14.7 Å². The van der Waals surface area contributed by atoms with Gasteiger partial charge in [0.05, 0.1) is 0 Å². The molecule has 2 saturated heterocycles. The highest BCUT2D eigenvalue weighted by Gasteiger charge is 2.40. The van der Waals surface area contributed by atoms with Crippen LogP contribution in [-0.4, -0.2) is 65.2 Å². The topological polar surface area (TPSA) is 72.9 Å². The lowest BCUT2D eigenvalue weighted by Gasteiger charge is -2.34. The fraction of sp³-hybridized carbons (Fsp3) is 0.857. The third-order valence-electron chi connectivity index (χ3n) is 4.49. The number of likely N-dealkylation sites (tertiary alicyclic amines) is 2. The molecule has 20 heavy (non-hydrogen) atoms. The molecule has 0 aliphatic carbocycles.